The molecule has 74 valence electrons. The van der Waals surface area contributed by atoms with Crippen molar-refractivity contribution in [2.24, 2.45) is 0 Å². The van der Waals surface area contributed by atoms with E-state index < -0.39 is 0 Å². The number of hydrogen-bond donors (Lipinski definition) is 0. The fraction of sp³-hybridized carbons (Fsp3) is 0.900. The minimum absolute atomic E-state index is 0.499. The molecule has 3 nitrogen and oxygen atoms in total. The summed E-state index contributed by atoms with van der Waals surface area (Å²) in [4.78, 5) is 15.3. The third-order valence-corrected chi connectivity index (χ3v) is 3.42. The molecular weight excluding hydrogens is 164 g/mol. The summed E-state index contributed by atoms with van der Waals surface area (Å²) < 4.78 is 0. The smallest absolute Gasteiger partial charge is 0.210 e. The second-order valence-electron chi connectivity index (χ2n) is 4.49. The molecule has 2 saturated heterocycles. The van der Waals surface area contributed by atoms with Gasteiger partial charge in [-0.1, -0.05) is 0 Å². The summed E-state index contributed by atoms with van der Waals surface area (Å²) in [6.07, 6.45) is 3.44. The van der Waals surface area contributed by atoms with Crippen molar-refractivity contribution in [2.45, 2.75) is 44.8 Å². The summed E-state index contributed by atoms with van der Waals surface area (Å²) in [5, 5.41) is 0. The van der Waals surface area contributed by atoms with Gasteiger partial charge in [0.15, 0.2) is 0 Å². The van der Waals surface area contributed by atoms with Gasteiger partial charge in [0.2, 0.25) is 6.41 Å². The zero-order valence-electron chi connectivity index (χ0n) is 8.44. The SMILES string of the molecule is CC(C)N1CC2CCC(C1)N2C=O. The molecule has 1 amide bonds. The number of carbonyl (C=O) groups excluding carboxylic acids is 1. The van der Waals surface area contributed by atoms with Crippen molar-refractivity contribution in [3.63, 3.8) is 0 Å². The lowest BCUT2D eigenvalue weighted by Crippen LogP contribution is -2.54. The summed E-state index contributed by atoms with van der Waals surface area (Å²) >= 11 is 0. The highest BCUT2D eigenvalue weighted by molar-refractivity contribution is 5.50. The Kier molecular flexibility index (Phi) is 2.28. The summed E-state index contributed by atoms with van der Waals surface area (Å²) in [6.45, 7) is 6.62. The van der Waals surface area contributed by atoms with Gasteiger partial charge in [-0.05, 0) is 26.7 Å². The van der Waals surface area contributed by atoms with E-state index >= 15 is 0 Å². The van der Waals surface area contributed by atoms with Gasteiger partial charge in [0.05, 0.1) is 0 Å². The summed E-state index contributed by atoms with van der Waals surface area (Å²) in [6, 6.07) is 1.62. The van der Waals surface area contributed by atoms with Crippen LogP contribution in [0.1, 0.15) is 26.7 Å². The van der Waals surface area contributed by atoms with E-state index in [9.17, 15) is 4.79 Å². The predicted octanol–water partition coefficient (Wildman–Crippen LogP) is 0.700. The molecule has 0 aromatic rings. The first-order valence-electron chi connectivity index (χ1n) is 5.19. The van der Waals surface area contributed by atoms with Gasteiger partial charge in [-0.2, -0.15) is 0 Å². The van der Waals surface area contributed by atoms with Crippen molar-refractivity contribution < 1.29 is 4.79 Å². The van der Waals surface area contributed by atoms with Crippen LogP contribution in [0.3, 0.4) is 0 Å². The highest BCUT2D eigenvalue weighted by atomic mass is 16.1. The second-order valence-corrected chi connectivity index (χ2v) is 4.49. The molecule has 13 heavy (non-hydrogen) atoms. The fourth-order valence-corrected chi connectivity index (χ4v) is 2.56. The topological polar surface area (TPSA) is 23.6 Å². The fourth-order valence-electron chi connectivity index (χ4n) is 2.56. The summed E-state index contributed by atoms with van der Waals surface area (Å²) in [7, 11) is 0. The Labute approximate surface area is 79.7 Å². The number of piperazine rings is 1. The van der Waals surface area contributed by atoms with Crippen LogP contribution in [0, 0.1) is 0 Å². The lowest BCUT2D eigenvalue weighted by molar-refractivity contribution is -0.123. The van der Waals surface area contributed by atoms with E-state index in [-0.39, 0.29) is 0 Å². The van der Waals surface area contributed by atoms with Crippen LogP contribution in [0.5, 0.6) is 0 Å². The highest BCUT2D eigenvalue weighted by Crippen LogP contribution is 2.29. The van der Waals surface area contributed by atoms with E-state index in [1.165, 1.54) is 12.8 Å². The predicted molar refractivity (Wildman–Crippen MR) is 51.4 cm³/mol. The maximum Gasteiger partial charge on any atom is 0.210 e. The van der Waals surface area contributed by atoms with Crippen molar-refractivity contribution in [3.05, 3.63) is 0 Å². The summed E-state index contributed by atoms with van der Waals surface area (Å²) in [5.74, 6) is 0. The van der Waals surface area contributed by atoms with Crippen LogP contribution in [0.4, 0.5) is 0 Å². The molecule has 0 saturated carbocycles. The molecule has 2 heterocycles. The molecular formula is C10H18N2O. The quantitative estimate of drug-likeness (QED) is 0.587. The molecule has 0 radical (unpaired) electrons. The first-order chi connectivity index (χ1) is 6.22. The van der Waals surface area contributed by atoms with Crippen LogP contribution in [0.25, 0.3) is 0 Å². The van der Waals surface area contributed by atoms with Gasteiger partial charge >= 0.3 is 0 Å². The number of rotatable bonds is 2. The van der Waals surface area contributed by atoms with E-state index in [1.54, 1.807) is 0 Å². The number of amides is 1. The minimum atomic E-state index is 0.499. The number of nitrogens with zero attached hydrogens (tertiary/aromatic N) is 2. The third-order valence-electron chi connectivity index (χ3n) is 3.42. The normalized spacial score (nSPS) is 34.2. The van der Waals surface area contributed by atoms with Crippen molar-refractivity contribution in [1.29, 1.82) is 0 Å². The van der Waals surface area contributed by atoms with Gasteiger partial charge in [0.1, 0.15) is 0 Å². The molecule has 2 rings (SSSR count). The Morgan fingerprint density at radius 3 is 2.15 bits per heavy atom. The second kappa shape index (κ2) is 3.29. The van der Waals surface area contributed by atoms with Gasteiger partial charge in [-0.3, -0.25) is 9.69 Å². The molecule has 0 aromatic carbocycles. The largest absolute Gasteiger partial charge is 0.337 e. The van der Waals surface area contributed by atoms with Crippen molar-refractivity contribution in [1.82, 2.24) is 9.80 Å². The maximum absolute atomic E-state index is 10.8. The van der Waals surface area contributed by atoms with E-state index in [2.05, 4.69) is 18.7 Å². The van der Waals surface area contributed by atoms with E-state index in [0.717, 1.165) is 19.5 Å². The lowest BCUT2D eigenvalue weighted by Gasteiger charge is -2.40. The van der Waals surface area contributed by atoms with Crippen molar-refractivity contribution in [3.8, 4) is 0 Å². The van der Waals surface area contributed by atoms with Crippen LogP contribution in [0.2, 0.25) is 0 Å². The number of fused-ring (bicyclic) bond motifs is 2. The van der Waals surface area contributed by atoms with Gasteiger partial charge in [-0.25, -0.2) is 0 Å². The zero-order chi connectivity index (χ0) is 9.42. The average molecular weight is 182 g/mol. The van der Waals surface area contributed by atoms with Crippen LogP contribution < -0.4 is 0 Å². The summed E-state index contributed by atoms with van der Waals surface area (Å²) in [5.41, 5.74) is 0. The first-order valence-corrected chi connectivity index (χ1v) is 5.19. The van der Waals surface area contributed by atoms with Crippen LogP contribution in [0.15, 0.2) is 0 Å². The molecule has 2 unspecified atom stereocenters. The molecule has 2 atom stereocenters. The standard InChI is InChI=1S/C10H18N2O/c1-8(2)11-5-9-3-4-10(6-11)12(9)7-13/h7-10H,3-6H2,1-2H3. The third kappa shape index (κ3) is 1.46. The van der Waals surface area contributed by atoms with Crippen LogP contribution >= 0.6 is 0 Å². The Balaban J connectivity index is 2.06. The molecule has 0 N–H and O–H groups in total. The molecule has 2 aliphatic heterocycles. The highest BCUT2D eigenvalue weighted by Gasteiger charge is 2.39. The minimum Gasteiger partial charge on any atom is -0.337 e. The molecule has 2 aliphatic rings. The first kappa shape index (κ1) is 9.00. The van der Waals surface area contributed by atoms with Gasteiger partial charge in [0.25, 0.3) is 0 Å². The Morgan fingerprint density at radius 2 is 1.77 bits per heavy atom. The number of carbonyl (C=O) groups is 1. The Bertz CT molecular complexity index is 191. The van der Waals surface area contributed by atoms with Gasteiger partial charge < -0.3 is 4.90 Å². The molecule has 2 bridgehead atoms. The zero-order valence-corrected chi connectivity index (χ0v) is 8.44. The Morgan fingerprint density at radius 1 is 1.23 bits per heavy atom. The average Bonchev–Trinajstić information content (AvgIpc) is 2.34. The molecule has 0 aliphatic carbocycles. The van der Waals surface area contributed by atoms with Crippen LogP contribution in [-0.4, -0.2) is 47.4 Å². The lowest BCUT2D eigenvalue weighted by atomic mass is 10.1. The molecule has 3 heteroatoms. The van der Waals surface area contributed by atoms with E-state index in [0.29, 0.717) is 18.1 Å². The van der Waals surface area contributed by atoms with Gasteiger partial charge in [-0.15, -0.1) is 0 Å². The van der Waals surface area contributed by atoms with Crippen LogP contribution in [-0.2, 0) is 4.79 Å². The monoisotopic (exact) mass is 182 g/mol. The number of hydrogen-bond acceptors (Lipinski definition) is 2. The maximum atomic E-state index is 10.8. The molecule has 0 spiro atoms. The van der Waals surface area contributed by atoms with E-state index in [1.807, 2.05) is 4.90 Å². The number of likely N-dealkylation sites (tertiary alicyclic amines) is 1. The molecule has 0 aromatic heterocycles. The van der Waals surface area contributed by atoms with Gasteiger partial charge in [0, 0.05) is 31.2 Å². The Hall–Kier alpha value is -0.570. The van der Waals surface area contributed by atoms with Crippen molar-refractivity contribution in [2.75, 3.05) is 13.1 Å². The van der Waals surface area contributed by atoms with E-state index in [4.69, 9.17) is 0 Å². The molecule has 2 fully saturated rings. The van der Waals surface area contributed by atoms with Crippen molar-refractivity contribution >= 4 is 6.41 Å².